The minimum absolute atomic E-state index is 1.11. The quantitative estimate of drug-likeness (QED) is 0.514. The van der Waals surface area contributed by atoms with Gasteiger partial charge in [-0.1, -0.05) is 13.0 Å². The van der Waals surface area contributed by atoms with Gasteiger partial charge in [-0.05, 0) is 11.8 Å². The van der Waals surface area contributed by atoms with Crippen LogP contribution in [0.3, 0.4) is 0 Å². The van der Waals surface area contributed by atoms with Crippen molar-refractivity contribution in [2.24, 2.45) is 0 Å². The van der Waals surface area contributed by atoms with Gasteiger partial charge in [0.2, 0.25) is 0 Å². The van der Waals surface area contributed by atoms with Crippen LogP contribution in [0.15, 0.2) is 11.5 Å². The van der Waals surface area contributed by atoms with Gasteiger partial charge >= 0.3 is 0 Å². The van der Waals surface area contributed by atoms with Crippen LogP contribution in [0.2, 0.25) is 0 Å². The van der Waals surface area contributed by atoms with E-state index in [-0.39, 0.29) is 0 Å². The van der Waals surface area contributed by atoms with Crippen molar-refractivity contribution in [3.63, 3.8) is 0 Å². The van der Waals surface area contributed by atoms with E-state index in [0.717, 1.165) is 6.42 Å². The SMILES string of the molecule is [CH2]SC=CCC. The molecule has 1 heteroatoms. The third kappa shape index (κ3) is 4.09. The highest BCUT2D eigenvalue weighted by molar-refractivity contribution is 8.03. The van der Waals surface area contributed by atoms with Crippen molar-refractivity contribution in [1.29, 1.82) is 0 Å². The number of hydrogen-bond acceptors (Lipinski definition) is 1. The number of allylic oxidation sites excluding steroid dienone is 1. The van der Waals surface area contributed by atoms with Gasteiger partial charge in [-0.3, -0.25) is 0 Å². The fraction of sp³-hybridized carbons (Fsp3) is 0.400. The Morgan fingerprint density at radius 2 is 2.50 bits per heavy atom. The number of hydrogen-bond donors (Lipinski definition) is 0. The van der Waals surface area contributed by atoms with Crippen LogP contribution in [0.1, 0.15) is 13.3 Å². The molecule has 0 bridgehead atoms. The predicted octanol–water partition coefficient (Wildman–Crippen LogP) is 2.43. The molecule has 0 saturated heterocycles. The maximum atomic E-state index is 3.55. The first kappa shape index (κ1) is 6.09. The van der Waals surface area contributed by atoms with E-state index in [1.54, 1.807) is 0 Å². The zero-order chi connectivity index (χ0) is 4.83. The van der Waals surface area contributed by atoms with Crippen LogP contribution in [0, 0.1) is 6.26 Å². The topological polar surface area (TPSA) is 0 Å². The summed E-state index contributed by atoms with van der Waals surface area (Å²) in [5.74, 6) is 0. The summed E-state index contributed by atoms with van der Waals surface area (Å²) in [7, 11) is 0. The van der Waals surface area contributed by atoms with Gasteiger partial charge in [0.1, 0.15) is 0 Å². The lowest BCUT2D eigenvalue weighted by atomic mass is 10.5. The average molecular weight is 101 g/mol. The van der Waals surface area contributed by atoms with Crippen LogP contribution >= 0.6 is 11.8 Å². The second-order valence-electron chi connectivity index (χ2n) is 0.947. The highest BCUT2D eigenvalue weighted by Crippen LogP contribution is 1.96. The first-order chi connectivity index (χ1) is 2.91. The molecule has 0 fully saturated rings. The molecule has 0 N–H and O–H groups in total. The van der Waals surface area contributed by atoms with Gasteiger partial charge in [0, 0.05) is 6.26 Å². The molecule has 0 aliphatic heterocycles. The van der Waals surface area contributed by atoms with Gasteiger partial charge in [-0.25, -0.2) is 0 Å². The lowest BCUT2D eigenvalue weighted by Gasteiger charge is -1.72. The normalized spacial score (nSPS) is 10.3. The molecule has 0 aliphatic carbocycles. The van der Waals surface area contributed by atoms with Gasteiger partial charge in [-0.15, -0.1) is 11.8 Å². The van der Waals surface area contributed by atoms with Crippen molar-refractivity contribution in [2.45, 2.75) is 13.3 Å². The van der Waals surface area contributed by atoms with E-state index in [1.165, 1.54) is 11.8 Å². The molecule has 0 aromatic rings. The van der Waals surface area contributed by atoms with E-state index in [2.05, 4.69) is 19.3 Å². The van der Waals surface area contributed by atoms with Crippen LogP contribution in [0.4, 0.5) is 0 Å². The Hall–Kier alpha value is 0.0900. The van der Waals surface area contributed by atoms with Crippen molar-refractivity contribution >= 4 is 11.8 Å². The first-order valence-electron chi connectivity index (χ1n) is 1.97. The summed E-state index contributed by atoms with van der Waals surface area (Å²) < 4.78 is 0. The molecule has 0 saturated carbocycles. The Morgan fingerprint density at radius 3 is 2.67 bits per heavy atom. The molecule has 0 heterocycles. The van der Waals surface area contributed by atoms with E-state index in [1.807, 2.05) is 5.41 Å². The predicted molar refractivity (Wildman–Crippen MR) is 32.4 cm³/mol. The first-order valence-corrected chi connectivity index (χ1v) is 3.02. The molecule has 0 spiro atoms. The maximum absolute atomic E-state index is 3.55. The van der Waals surface area contributed by atoms with Crippen molar-refractivity contribution < 1.29 is 0 Å². The Morgan fingerprint density at radius 1 is 1.83 bits per heavy atom. The Labute approximate surface area is 43.6 Å². The van der Waals surface area contributed by atoms with Crippen LogP contribution in [-0.4, -0.2) is 0 Å². The van der Waals surface area contributed by atoms with Crippen molar-refractivity contribution in [1.82, 2.24) is 0 Å². The second kappa shape index (κ2) is 5.09. The Balaban J connectivity index is 2.73. The lowest BCUT2D eigenvalue weighted by Crippen LogP contribution is -1.44. The summed E-state index contributed by atoms with van der Waals surface area (Å²) in [5.41, 5.74) is 0. The zero-order valence-corrected chi connectivity index (χ0v) is 4.79. The number of thioether (sulfide) groups is 1. The van der Waals surface area contributed by atoms with Gasteiger partial charge in [0.25, 0.3) is 0 Å². The van der Waals surface area contributed by atoms with E-state index >= 15 is 0 Å². The van der Waals surface area contributed by atoms with E-state index in [4.69, 9.17) is 0 Å². The van der Waals surface area contributed by atoms with Gasteiger partial charge in [-0.2, -0.15) is 0 Å². The molecule has 0 rings (SSSR count). The highest BCUT2D eigenvalue weighted by Gasteiger charge is 1.60. The molecule has 0 unspecified atom stereocenters. The fourth-order valence-corrected chi connectivity index (χ4v) is 0.493. The zero-order valence-electron chi connectivity index (χ0n) is 3.98. The van der Waals surface area contributed by atoms with Crippen molar-refractivity contribution in [2.75, 3.05) is 0 Å². The second-order valence-corrected chi connectivity index (χ2v) is 1.55. The molecule has 0 atom stereocenters. The van der Waals surface area contributed by atoms with Gasteiger partial charge < -0.3 is 0 Å². The molecule has 0 nitrogen and oxygen atoms in total. The summed E-state index contributed by atoms with van der Waals surface area (Å²) in [5, 5.41) is 1.99. The molecule has 0 aliphatic rings. The Kier molecular flexibility index (Phi) is 5.17. The third-order valence-corrected chi connectivity index (χ3v) is 0.813. The van der Waals surface area contributed by atoms with E-state index in [9.17, 15) is 0 Å². The molecule has 0 amide bonds. The summed E-state index contributed by atoms with van der Waals surface area (Å²) in [6.45, 7) is 2.10. The Bertz CT molecular complexity index is 33.2. The van der Waals surface area contributed by atoms with Gasteiger partial charge in [0.05, 0.1) is 0 Å². The third-order valence-electron chi connectivity index (χ3n) is 0.428. The minimum Gasteiger partial charge on any atom is -0.134 e. The van der Waals surface area contributed by atoms with Crippen molar-refractivity contribution in [3.05, 3.63) is 17.7 Å². The molecule has 6 heavy (non-hydrogen) atoms. The molecule has 0 aromatic heterocycles. The number of rotatable bonds is 2. The summed E-state index contributed by atoms with van der Waals surface area (Å²) in [4.78, 5) is 0. The maximum Gasteiger partial charge on any atom is 0.00682 e. The summed E-state index contributed by atoms with van der Waals surface area (Å²) in [6.07, 6.45) is 6.75. The fourth-order valence-electron chi connectivity index (χ4n) is 0.164. The largest absolute Gasteiger partial charge is 0.134 e. The molecule has 1 radical (unpaired) electrons. The van der Waals surface area contributed by atoms with Crippen molar-refractivity contribution in [3.8, 4) is 0 Å². The van der Waals surface area contributed by atoms with Gasteiger partial charge in [0.15, 0.2) is 0 Å². The van der Waals surface area contributed by atoms with Crippen LogP contribution in [0.25, 0.3) is 0 Å². The minimum atomic E-state index is 1.11. The molecule has 0 aromatic carbocycles. The monoisotopic (exact) mass is 101 g/mol. The van der Waals surface area contributed by atoms with Crippen LogP contribution < -0.4 is 0 Å². The summed E-state index contributed by atoms with van der Waals surface area (Å²) >= 11 is 1.50. The summed E-state index contributed by atoms with van der Waals surface area (Å²) in [6, 6.07) is 0. The molecule has 35 valence electrons. The van der Waals surface area contributed by atoms with Crippen LogP contribution in [-0.2, 0) is 0 Å². The van der Waals surface area contributed by atoms with E-state index in [0.29, 0.717) is 0 Å². The molecular formula is C5H9S. The standard InChI is InChI=1S/C5H9S/c1-3-4-5-6-2/h4-5H,2-3H2,1H3. The highest BCUT2D eigenvalue weighted by atomic mass is 32.2. The molecular weight excluding hydrogens is 92.1 g/mol. The van der Waals surface area contributed by atoms with Crippen LogP contribution in [0.5, 0.6) is 0 Å². The smallest absolute Gasteiger partial charge is 0.00682 e. The average Bonchev–Trinajstić information content (AvgIpc) is 1.61. The lowest BCUT2D eigenvalue weighted by molar-refractivity contribution is 1.23. The van der Waals surface area contributed by atoms with E-state index < -0.39 is 0 Å².